The van der Waals surface area contributed by atoms with Crippen LogP contribution in [-0.2, 0) is 0 Å². The van der Waals surface area contributed by atoms with Crippen LogP contribution in [0.15, 0.2) is 71.9 Å². The quantitative estimate of drug-likeness (QED) is 0.564. The molecule has 0 spiro atoms. The Morgan fingerprint density at radius 3 is 2.72 bits per heavy atom. The van der Waals surface area contributed by atoms with Gasteiger partial charge in [-0.3, -0.25) is 9.36 Å². The van der Waals surface area contributed by atoms with Crippen molar-refractivity contribution >= 4 is 17.2 Å². The maximum atomic E-state index is 12.8. The van der Waals surface area contributed by atoms with Gasteiger partial charge in [0.05, 0.1) is 18.5 Å². The van der Waals surface area contributed by atoms with Crippen LogP contribution in [0.4, 0.5) is 0 Å². The molecule has 0 fully saturated rings. The van der Waals surface area contributed by atoms with Crippen LogP contribution < -0.4 is 10.3 Å². The Labute approximate surface area is 148 Å². The zero-order valence-electron chi connectivity index (χ0n) is 13.4. The Balaban J connectivity index is 1.87. The molecular formula is C19H14ClN3O2. The van der Waals surface area contributed by atoms with E-state index in [9.17, 15) is 4.79 Å². The Hall–Kier alpha value is -3.05. The summed E-state index contributed by atoms with van der Waals surface area (Å²) < 4.78 is 8.50. The lowest BCUT2D eigenvalue weighted by molar-refractivity contribution is 0.415. The lowest BCUT2D eigenvalue weighted by atomic mass is 10.1. The average molecular weight is 352 g/mol. The molecule has 0 unspecified atom stereocenters. The van der Waals surface area contributed by atoms with Crippen molar-refractivity contribution in [2.24, 2.45) is 0 Å². The third kappa shape index (κ3) is 2.79. The van der Waals surface area contributed by atoms with Crippen molar-refractivity contribution in [1.82, 2.24) is 14.0 Å². The van der Waals surface area contributed by atoms with Crippen LogP contribution in [0.25, 0.3) is 22.6 Å². The number of hydrogen-bond donors (Lipinski definition) is 0. The van der Waals surface area contributed by atoms with Crippen molar-refractivity contribution in [3.8, 4) is 22.7 Å². The van der Waals surface area contributed by atoms with Crippen molar-refractivity contribution in [3.05, 3.63) is 82.5 Å². The SMILES string of the molecule is COc1cccc(-c2cn3ccn(-c4cccc(Cl)c4)c(=O)c3n2)c1. The molecule has 2 aromatic heterocycles. The minimum absolute atomic E-state index is 0.209. The van der Waals surface area contributed by atoms with Gasteiger partial charge in [-0.15, -0.1) is 0 Å². The lowest BCUT2D eigenvalue weighted by Crippen LogP contribution is -2.19. The molecule has 0 aliphatic heterocycles. The molecule has 4 aromatic rings. The van der Waals surface area contributed by atoms with E-state index in [0.717, 1.165) is 11.3 Å². The predicted molar refractivity (Wildman–Crippen MR) is 97.8 cm³/mol. The molecule has 0 aliphatic carbocycles. The van der Waals surface area contributed by atoms with Crippen LogP contribution >= 0.6 is 11.6 Å². The Morgan fingerprint density at radius 1 is 1.08 bits per heavy atom. The summed E-state index contributed by atoms with van der Waals surface area (Å²) in [4.78, 5) is 17.3. The van der Waals surface area contributed by atoms with E-state index < -0.39 is 0 Å². The second-order valence-electron chi connectivity index (χ2n) is 5.54. The van der Waals surface area contributed by atoms with Gasteiger partial charge in [0.25, 0.3) is 5.56 Å². The smallest absolute Gasteiger partial charge is 0.298 e. The summed E-state index contributed by atoms with van der Waals surface area (Å²) in [5.41, 5.74) is 2.43. The predicted octanol–water partition coefficient (Wildman–Crippen LogP) is 3.81. The number of ether oxygens (including phenoxy) is 1. The van der Waals surface area contributed by atoms with Gasteiger partial charge in [0, 0.05) is 29.2 Å². The van der Waals surface area contributed by atoms with E-state index in [1.54, 1.807) is 36.0 Å². The summed E-state index contributed by atoms with van der Waals surface area (Å²) in [6, 6.07) is 14.7. The average Bonchev–Trinajstić information content (AvgIpc) is 3.07. The molecular weight excluding hydrogens is 338 g/mol. The van der Waals surface area contributed by atoms with Gasteiger partial charge in [-0.1, -0.05) is 29.8 Å². The molecule has 0 radical (unpaired) electrons. The van der Waals surface area contributed by atoms with Gasteiger partial charge in [0.2, 0.25) is 5.65 Å². The molecule has 0 saturated heterocycles. The number of imidazole rings is 1. The molecule has 0 atom stereocenters. The zero-order valence-corrected chi connectivity index (χ0v) is 14.1. The number of methoxy groups -OCH3 is 1. The van der Waals surface area contributed by atoms with E-state index in [1.165, 1.54) is 4.57 Å². The number of benzene rings is 2. The second kappa shape index (κ2) is 6.11. The van der Waals surface area contributed by atoms with E-state index in [0.29, 0.717) is 22.1 Å². The standard InChI is InChI=1S/C19H14ClN3O2/c1-25-16-7-2-4-13(10-16)17-12-22-8-9-23(19(24)18(22)21-17)15-6-3-5-14(20)11-15/h2-12H,1H3. The van der Waals surface area contributed by atoms with Crippen LogP contribution in [0.5, 0.6) is 5.75 Å². The van der Waals surface area contributed by atoms with Crippen LogP contribution in [0, 0.1) is 0 Å². The summed E-state index contributed by atoms with van der Waals surface area (Å²) in [5.74, 6) is 0.742. The van der Waals surface area contributed by atoms with Crippen LogP contribution in [0.2, 0.25) is 5.02 Å². The van der Waals surface area contributed by atoms with Gasteiger partial charge in [-0.05, 0) is 30.3 Å². The molecule has 2 aromatic carbocycles. The fraction of sp³-hybridized carbons (Fsp3) is 0.0526. The number of aromatic nitrogens is 3. The summed E-state index contributed by atoms with van der Waals surface area (Å²) in [6.45, 7) is 0. The van der Waals surface area contributed by atoms with Gasteiger partial charge in [-0.25, -0.2) is 4.98 Å². The summed E-state index contributed by atoms with van der Waals surface area (Å²) in [6.07, 6.45) is 5.33. The molecule has 5 nitrogen and oxygen atoms in total. The highest BCUT2D eigenvalue weighted by molar-refractivity contribution is 6.30. The van der Waals surface area contributed by atoms with E-state index in [1.807, 2.05) is 42.6 Å². The highest BCUT2D eigenvalue weighted by Gasteiger charge is 2.11. The maximum absolute atomic E-state index is 12.8. The Bertz CT molecular complexity index is 1130. The van der Waals surface area contributed by atoms with Crippen LogP contribution in [0.3, 0.4) is 0 Å². The minimum atomic E-state index is -0.209. The zero-order chi connectivity index (χ0) is 17.4. The molecule has 0 aliphatic rings. The first-order chi connectivity index (χ1) is 12.2. The third-order valence-corrected chi connectivity index (χ3v) is 4.21. The maximum Gasteiger partial charge on any atom is 0.298 e. The van der Waals surface area contributed by atoms with Crippen LogP contribution in [-0.4, -0.2) is 21.1 Å². The number of hydrogen-bond acceptors (Lipinski definition) is 3. The largest absolute Gasteiger partial charge is 0.497 e. The second-order valence-corrected chi connectivity index (χ2v) is 5.98. The minimum Gasteiger partial charge on any atom is -0.497 e. The Morgan fingerprint density at radius 2 is 1.92 bits per heavy atom. The first-order valence-electron chi connectivity index (χ1n) is 7.66. The van der Waals surface area contributed by atoms with E-state index in [-0.39, 0.29) is 5.56 Å². The molecule has 0 bridgehead atoms. The molecule has 2 heterocycles. The van der Waals surface area contributed by atoms with Crippen molar-refractivity contribution in [1.29, 1.82) is 0 Å². The van der Waals surface area contributed by atoms with Crippen molar-refractivity contribution in [3.63, 3.8) is 0 Å². The Kier molecular flexibility index (Phi) is 3.78. The summed E-state index contributed by atoms with van der Waals surface area (Å²) in [5, 5.41) is 0.574. The molecule has 25 heavy (non-hydrogen) atoms. The first kappa shape index (κ1) is 15.5. The van der Waals surface area contributed by atoms with Crippen molar-refractivity contribution < 1.29 is 4.74 Å². The summed E-state index contributed by atoms with van der Waals surface area (Å²) >= 11 is 6.03. The molecule has 4 rings (SSSR count). The number of halogens is 1. The van der Waals surface area contributed by atoms with Gasteiger partial charge in [0.1, 0.15) is 5.75 Å². The van der Waals surface area contributed by atoms with E-state index in [4.69, 9.17) is 16.3 Å². The monoisotopic (exact) mass is 351 g/mol. The number of nitrogens with zero attached hydrogens (tertiary/aromatic N) is 3. The number of fused-ring (bicyclic) bond motifs is 1. The molecule has 0 N–H and O–H groups in total. The van der Waals surface area contributed by atoms with Gasteiger partial charge in [0.15, 0.2) is 0 Å². The fourth-order valence-corrected chi connectivity index (χ4v) is 2.91. The lowest BCUT2D eigenvalue weighted by Gasteiger charge is -2.05. The van der Waals surface area contributed by atoms with E-state index in [2.05, 4.69) is 4.98 Å². The number of rotatable bonds is 3. The molecule has 0 amide bonds. The van der Waals surface area contributed by atoms with Gasteiger partial charge >= 0.3 is 0 Å². The highest BCUT2D eigenvalue weighted by Crippen LogP contribution is 2.23. The molecule has 0 saturated carbocycles. The van der Waals surface area contributed by atoms with Gasteiger partial charge < -0.3 is 9.14 Å². The normalized spacial score (nSPS) is 11.0. The summed E-state index contributed by atoms with van der Waals surface area (Å²) in [7, 11) is 1.62. The van der Waals surface area contributed by atoms with Crippen LogP contribution in [0.1, 0.15) is 0 Å². The highest BCUT2D eigenvalue weighted by atomic mass is 35.5. The van der Waals surface area contributed by atoms with Gasteiger partial charge in [-0.2, -0.15) is 0 Å². The van der Waals surface area contributed by atoms with Crippen molar-refractivity contribution in [2.45, 2.75) is 0 Å². The molecule has 6 heteroatoms. The molecule has 124 valence electrons. The topological polar surface area (TPSA) is 48.5 Å². The first-order valence-corrected chi connectivity index (χ1v) is 8.04. The third-order valence-electron chi connectivity index (χ3n) is 3.97. The fourth-order valence-electron chi connectivity index (χ4n) is 2.73. The van der Waals surface area contributed by atoms with Crippen molar-refractivity contribution in [2.75, 3.05) is 7.11 Å². The van der Waals surface area contributed by atoms with E-state index >= 15 is 0 Å².